The Bertz CT molecular complexity index is 410. The summed E-state index contributed by atoms with van der Waals surface area (Å²) in [5, 5.41) is 18.5. The summed E-state index contributed by atoms with van der Waals surface area (Å²) in [6.45, 7) is 0. The second-order valence-corrected chi connectivity index (χ2v) is 2.67. The van der Waals surface area contributed by atoms with E-state index in [0.29, 0.717) is 5.56 Å². The Kier molecular flexibility index (Phi) is 1.66. The topological polar surface area (TPSA) is 69.1 Å². The highest BCUT2D eigenvalue weighted by molar-refractivity contribution is 5.67. The third-order valence-electron chi connectivity index (χ3n) is 1.77. The SMILES string of the molecule is Oc1ccc(-c2cnc[nH]2)c(O)c1. The molecular weight excluding hydrogens is 168 g/mol. The smallest absolute Gasteiger partial charge is 0.128 e. The molecule has 4 nitrogen and oxygen atoms in total. The molecule has 1 aromatic heterocycles. The molecule has 4 heteroatoms. The zero-order valence-electron chi connectivity index (χ0n) is 6.73. The number of phenolic OH excluding ortho intramolecular Hbond substituents is 2. The third-order valence-corrected chi connectivity index (χ3v) is 1.77. The molecule has 66 valence electrons. The van der Waals surface area contributed by atoms with Crippen LogP contribution in [0, 0.1) is 0 Å². The van der Waals surface area contributed by atoms with Crippen molar-refractivity contribution in [2.24, 2.45) is 0 Å². The van der Waals surface area contributed by atoms with Gasteiger partial charge in [0, 0.05) is 11.6 Å². The van der Waals surface area contributed by atoms with Crippen LogP contribution in [0.1, 0.15) is 0 Å². The molecule has 0 atom stereocenters. The summed E-state index contributed by atoms with van der Waals surface area (Å²) in [5.74, 6) is 0.0741. The predicted molar refractivity (Wildman–Crippen MR) is 47.4 cm³/mol. The number of aromatic hydroxyl groups is 2. The summed E-state index contributed by atoms with van der Waals surface area (Å²) in [4.78, 5) is 6.69. The van der Waals surface area contributed by atoms with Gasteiger partial charge in [-0.3, -0.25) is 0 Å². The van der Waals surface area contributed by atoms with Crippen LogP contribution in [0.25, 0.3) is 11.3 Å². The molecule has 0 bridgehead atoms. The van der Waals surface area contributed by atoms with E-state index in [-0.39, 0.29) is 11.5 Å². The lowest BCUT2D eigenvalue weighted by Gasteiger charge is -2.01. The van der Waals surface area contributed by atoms with Gasteiger partial charge < -0.3 is 15.2 Å². The zero-order valence-corrected chi connectivity index (χ0v) is 6.73. The quantitative estimate of drug-likeness (QED) is 0.616. The van der Waals surface area contributed by atoms with Crippen molar-refractivity contribution in [2.75, 3.05) is 0 Å². The van der Waals surface area contributed by atoms with Gasteiger partial charge in [0.15, 0.2) is 0 Å². The summed E-state index contributed by atoms with van der Waals surface area (Å²) in [5.41, 5.74) is 1.34. The fourth-order valence-electron chi connectivity index (χ4n) is 1.15. The first-order chi connectivity index (χ1) is 6.27. The molecule has 1 heterocycles. The number of aromatic nitrogens is 2. The summed E-state index contributed by atoms with van der Waals surface area (Å²) in [7, 11) is 0. The Morgan fingerprint density at radius 2 is 2.08 bits per heavy atom. The maximum absolute atomic E-state index is 9.46. The van der Waals surface area contributed by atoms with E-state index in [1.807, 2.05) is 0 Å². The average Bonchev–Trinajstić information content (AvgIpc) is 2.56. The zero-order chi connectivity index (χ0) is 9.26. The maximum atomic E-state index is 9.46. The average molecular weight is 176 g/mol. The number of imidazole rings is 1. The lowest BCUT2D eigenvalue weighted by atomic mass is 10.1. The van der Waals surface area contributed by atoms with Crippen LogP contribution in [-0.4, -0.2) is 20.2 Å². The highest BCUT2D eigenvalue weighted by Gasteiger charge is 2.05. The maximum Gasteiger partial charge on any atom is 0.128 e. The Morgan fingerprint density at radius 3 is 2.69 bits per heavy atom. The Hall–Kier alpha value is -1.97. The molecular formula is C9H8N2O2. The summed E-state index contributed by atoms with van der Waals surface area (Å²) in [6, 6.07) is 4.42. The third kappa shape index (κ3) is 1.33. The lowest BCUT2D eigenvalue weighted by Crippen LogP contribution is -1.77. The van der Waals surface area contributed by atoms with Crippen molar-refractivity contribution in [3.63, 3.8) is 0 Å². The number of hydrogen-bond donors (Lipinski definition) is 3. The highest BCUT2D eigenvalue weighted by Crippen LogP contribution is 2.30. The molecule has 0 fully saturated rings. The van der Waals surface area contributed by atoms with Crippen LogP contribution in [-0.2, 0) is 0 Å². The first-order valence-corrected chi connectivity index (χ1v) is 3.78. The van der Waals surface area contributed by atoms with Crippen LogP contribution in [0.3, 0.4) is 0 Å². The van der Waals surface area contributed by atoms with Gasteiger partial charge in [-0.25, -0.2) is 4.98 Å². The van der Waals surface area contributed by atoms with Crippen LogP contribution in [0.2, 0.25) is 0 Å². The first kappa shape index (κ1) is 7.67. The van der Waals surface area contributed by atoms with Gasteiger partial charge in [0.05, 0.1) is 18.2 Å². The van der Waals surface area contributed by atoms with Crippen LogP contribution in [0.4, 0.5) is 0 Å². The molecule has 0 radical (unpaired) electrons. The Balaban J connectivity index is 2.53. The number of nitrogens with one attached hydrogen (secondary N) is 1. The van der Waals surface area contributed by atoms with Crippen molar-refractivity contribution >= 4 is 0 Å². The summed E-state index contributed by atoms with van der Waals surface area (Å²) >= 11 is 0. The number of hydrogen-bond acceptors (Lipinski definition) is 3. The van der Waals surface area contributed by atoms with Gasteiger partial charge in [-0.2, -0.15) is 0 Å². The van der Waals surface area contributed by atoms with Gasteiger partial charge in [0.1, 0.15) is 11.5 Å². The van der Waals surface area contributed by atoms with Gasteiger partial charge in [-0.15, -0.1) is 0 Å². The molecule has 3 N–H and O–H groups in total. The molecule has 0 aliphatic carbocycles. The van der Waals surface area contributed by atoms with Crippen molar-refractivity contribution in [1.29, 1.82) is 0 Å². The van der Waals surface area contributed by atoms with Crippen LogP contribution < -0.4 is 0 Å². The van der Waals surface area contributed by atoms with Crippen molar-refractivity contribution in [3.05, 3.63) is 30.7 Å². The predicted octanol–water partition coefficient (Wildman–Crippen LogP) is 1.49. The molecule has 0 saturated heterocycles. The van der Waals surface area contributed by atoms with Gasteiger partial charge in [-0.05, 0) is 12.1 Å². The van der Waals surface area contributed by atoms with Crippen molar-refractivity contribution < 1.29 is 10.2 Å². The van der Waals surface area contributed by atoms with Crippen LogP contribution in [0.15, 0.2) is 30.7 Å². The number of phenols is 2. The van der Waals surface area contributed by atoms with E-state index in [9.17, 15) is 5.11 Å². The second kappa shape index (κ2) is 2.82. The van der Waals surface area contributed by atoms with E-state index in [0.717, 1.165) is 5.69 Å². The normalized spacial score (nSPS) is 10.2. The molecule has 0 aliphatic rings. The lowest BCUT2D eigenvalue weighted by molar-refractivity contribution is 0.452. The molecule has 0 spiro atoms. The van der Waals surface area contributed by atoms with Gasteiger partial charge in [0.2, 0.25) is 0 Å². The number of nitrogens with zero attached hydrogens (tertiary/aromatic N) is 1. The van der Waals surface area contributed by atoms with Crippen LogP contribution >= 0.6 is 0 Å². The minimum atomic E-state index is 0.0317. The molecule has 2 aromatic rings. The Morgan fingerprint density at radius 1 is 1.23 bits per heavy atom. The Labute approximate surface area is 74.5 Å². The largest absolute Gasteiger partial charge is 0.508 e. The van der Waals surface area contributed by atoms with Gasteiger partial charge in [0.25, 0.3) is 0 Å². The monoisotopic (exact) mass is 176 g/mol. The molecule has 2 rings (SSSR count). The van der Waals surface area contributed by atoms with Crippen molar-refractivity contribution in [1.82, 2.24) is 9.97 Å². The molecule has 0 unspecified atom stereocenters. The number of rotatable bonds is 1. The molecule has 0 saturated carbocycles. The standard InChI is InChI=1S/C9H8N2O2/c12-6-1-2-7(9(13)3-6)8-4-10-5-11-8/h1-5,12-13H,(H,10,11). The van der Waals surface area contributed by atoms with Crippen molar-refractivity contribution in [2.45, 2.75) is 0 Å². The van der Waals surface area contributed by atoms with E-state index in [4.69, 9.17) is 5.11 Å². The van der Waals surface area contributed by atoms with E-state index < -0.39 is 0 Å². The summed E-state index contributed by atoms with van der Waals surface area (Å²) < 4.78 is 0. The minimum absolute atomic E-state index is 0.0317. The van der Waals surface area contributed by atoms with Gasteiger partial charge in [-0.1, -0.05) is 0 Å². The number of H-pyrrole nitrogens is 1. The number of benzene rings is 1. The molecule has 0 amide bonds. The summed E-state index contributed by atoms with van der Waals surface area (Å²) in [6.07, 6.45) is 3.13. The number of aromatic amines is 1. The van der Waals surface area contributed by atoms with Gasteiger partial charge >= 0.3 is 0 Å². The molecule has 1 aromatic carbocycles. The second-order valence-electron chi connectivity index (χ2n) is 2.67. The van der Waals surface area contributed by atoms with E-state index in [1.54, 1.807) is 12.3 Å². The van der Waals surface area contributed by atoms with Crippen molar-refractivity contribution in [3.8, 4) is 22.8 Å². The first-order valence-electron chi connectivity index (χ1n) is 3.78. The van der Waals surface area contributed by atoms with E-state index in [1.165, 1.54) is 18.5 Å². The molecule has 0 aliphatic heterocycles. The van der Waals surface area contributed by atoms with E-state index >= 15 is 0 Å². The minimum Gasteiger partial charge on any atom is -0.508 e. The molecule has 13 heavy (non-hydrogen) atoms. The fourth-order valence-corrected chi connectivity index (χ4v) is 1.15. The highest BCUT2D eigenvalue weighted by atomic mass is 16.3. The van der Waals surface area contributed by atoms with Crippen LogP contribution in [0.5, 0.6) is 11.5 Å². The fraction of sp³-hybridized carbons (Fsp3) is 0. The van der Waals surface area contributed by atoms with E-state index in [2.05, 4.69) is 9.97 Å².